The summed E-state index contributed by atoms with van der Waals surface area (Å²) in [5.41, 5.74) is 1.89. The van der Waals surface area contributed by atoms with Crippen LogP contribution in [0.1, 0.15) is 30.1 Å². The van der Waals surface area contributed by atoms with Crippen molar-refractivity contribution >= 4 is 15.8 Å². The maximum Gasteiger partial charge on any atom is 0.238 e. The Kier molecular flexibility index (Phi) is 5.06. The Hall–Kier alpha value is -2.38. The summed E-state index contributed by atoms with van der Waals surface area (Å²) in [6.45, 7) is 0.651. The summed E-state index contributed by atoms with van der Waals surface area (Å²) in [7, 11) is -3.66. The number of sulfonamides is 1. The molecule has 0 bridgehead atoms. The number of allylic oxidation sites excluding steroid dienone is 2. The number of hydrogen-bond acceptors (Lipinski definition) is 5. The normalized spacial score (nSPS) is 18.0. The fourth-order valence-corrected chi connectivity index (χ4v) is 3.47. The number of primary sulfonamides is 1. The first-order valence-electron chi connectivity index (χ1n) is 8.04. The minimum absolute atomic E-state index is 0.0732. The highest BCUT2D eigenvalue weighted by Crippen LogP contribution is 2.30. The highest BCUT2D eigenvalue weighted by Gasteiger charge is 2.23. The van der Waals surface area contributed by atoms with Crippen LogP contribution in [0.4, 0.5) is 0 Å². The van der Waals surface area contributed by atoms with Crippen LogP contribution in [0.15, 0.2) is 63.7 Å². The molecule has 0 saturated carbocycles. The van der Waals surface area contributed by atoms with E-state index in [-0.39, 0.29) is 16.6 Å². The van der Waals surface area contributed by atoms with Crippen molar-refractivity contribution in [3.63, 3.8) is 0 Å². The Balaban J connectivity index is 1.55. The average Bonchev–Trinajstić information content (AvgIpc) is 3.08. The number of ketones is 1. The van der Waals surface area contributed by atoms with E-state index in [4.69, 9.17) is 9.56 Å². The zero-order valence-corrected chi connectivity index (χ0v) is 14.5. The number of furan rings is 1. The van der Waals surface area contributed by atoms with Crippen molar-refractivity contribution < 1.29 is 17.6 Å². The van der Waals surface area contributed by atoms with Crippen LogP contribution in [-0.2, 0) is 21.2 Å². The summed E-state index contributed by atoms with van der Waals surface area (Å²) in [6, 6.07) is 10.2. The standard InChI is InChI=1S/C18H20N2O4S/c19-25(22,23)17-5-3-13(4-6-17)7-8-20-15-10-14(11-16(21)12-15)18-2-1-9-24-18/h1-6,9,12,14,20H,7-8,10-11H2,(H2,19,22,23). The maximum atomic E-state index is 11.9. The number of benzene rings is 1. The van der Waals surface area contributed by atoms with Crippen LogP contribution in [0.2, 0.25) is 0 Å². The lowest BCUT2D eigenvalue weighted by atomic mass is 9.89. The fourth-order valence-electron chi connectivity index (χ4n) is 2.95. The predicted octanol–water partition coefficient (Wildman–Crippen LogP) is 2.09. The average molecular weight is 360 g/mol. The summed E-state index contributed by atoms with van der Waals surface area (Å²) in [5.74, 6) is 0.996. The molecule has 132 valence electrons. The zero-order chi connectivity index (χ0) is 17.9. The molecule has 0 amide bonds. The van der Waals surface area contributed by atoms with Crippen molar-refractivity contribution in [1.29, 1.82) is 0 Å². The predicted molar refractivity (Wildman–Crippen MR) is 93.3 cm³/mol. The molecule has 1 aliphatic carbocycles. The van der Waals surface area contributed by atoms with Gasteiger partial charge in [0.1, 0.15) is 5.76 Å². The van der Waals surface area contributed by atoms with Crippen molar-refractivity contribution in [2.45, 2.75) is 30.1 Å². The third-order valence-corrected chi connectivity index (χ3v) is 5.14. The molecule has 2 aromatic rings. The van der Waals surface area contributed by atoms with Gasteiger partial charge in [-0.05, 0) is 42.7 Å². The van der Waals surface area contributed by atoms with E-state index in [0.717, 1.165) is 23.4 Å². The summed E-state index contributed by atoms with van der Waals surface area (Å²) < 4.78 is 27.9. The Morgan fingerprint density at radius 2 is 1.92 bits per heavy atom. The molecular formula is C18H20N2O4S. The topological polar surface area (TPSA) is 102 Å². The number of hydrogen-bond donors (Lipinski definition) is 2. The molecule has 6 nitrogen and oxygen atoms in total. The van der Waals surface area contributed by atoms with Crippen LogP contribution in [-0.4, -0.2) is 20.7 Å². The van der Waals surface area contributed by atoms with E-state index in [1.165, 1.54) is 12.1 Å². The van der Waals surface area contributed by atoms with Gasteiger partial charge in [-0.1, -0.05) is 12.1 Å². The SMILES string of the molecule is NS(=O)(=O)c1ccc(CCNC2=CC(=O)CC(c3ccco3)C2)cc1. The van der Waals surface area contributed by atoms with E-state index in [1.807, 2.05) is 12.1 Å². The molecule has 25 heavy (non-hydrogen) atoms. The van der Waals surface area contributed by atoms with Gasteiger partial charge in [0.05, 0.1) is 11.2 Å². The molecule has 0 saturated heterocycles. The molecule has 1 unspecified atom stereocenters. The van der Waals surface area contributed by atoms with Gasteiger partial charge >= 0.3 is 0 Å². The molecule has 0 fully saturated rings. The minimum atomic E-state index is -3.66. The second-order valence-electron chi connectivity index (χ2n) is 6.12. The van der Waals surface area contributed by atoms with Crippen molar-refractivity contribution in [2.75, 3.05) is 6.54 Å². The molecular weight excluding hydrogens is 340 g/mol. The third-order valence-electron chi connectivity index (χ3n) is 4.21. The van der Waals surface area contributed by atoms with Gasteiger partial charge in [0.25, 0.3) is 0 Å². The first kappa shape index (κ1) is 17.4. The van der Waals surface area contributed by atoms with Gasteiger partial charge in [0.15, 0.2) is 5.78 Å². The molecule has 1 aromatic heterocycles. The first-order chi connectivity index (χ1) is 11.9. The number of carbonyl (C=O) groups is 1. The summed E-state index contributed by atoms with van der Waals surface area (Å²) in [6.07, 6.45) is 5.19. The quantitative estimate of drug-likeness (QED) is 0.821. The number of nitrogens with one attached hydrogen (secondary N) is 1. The van der Waals surface area contributed by atoms with E-state index in [0.29, 0.717) is 19.4 Å². The summed E-state index contributed by atoms with van der Waals surface area (Å²) >= 11 is 0. The Labute approximate surface area is 146 Å². The van der Waals surface area contributed by atoms with Crippen LogP contribution in [0.25, 0.3) is 0 Å². The minimum Gasteiger partial charge on any atom is -0.469 e. The van der Waals surface area contributed by atoms with E-state index < -0.39 is 10.0 Å². The van der Waals surface area contributed by atoms with Crippen LogP contribution in [0.5, 0.6) is 0 Å². The number of nitrogens with two attached hydrogens (primary N) is 1. The second kappa shape index (κ2) is 7.25. The van der Waals surface area contributed by atoms with Crippen molar-refractivity contribution in [2.24, 2.45) is 5.14 Å². The van der Waals surface area contributed by atoms with Gasteiger partial charge in [-0.15, -0.1) is 0 Å². The van der Waals surface area contributed by atoms with Crippen molar-refractivity contribution in [3.8, 4) is 0 Å². The largest absolute Gasteiger partial charge is 0.469 e. The number of rotatable bonds is 6. The van der Waals surface area contributed by atoms with Crippen LogP contribution < -0.4 is 10.5 Å². The van der Waals surface area contributed by atoms with E-state index in [2.05, 4.69) is 5.32 Å². The number of carbonyl (C=O) groups excluding carboxylic acids is 1. The molecule has 1 heterocycles. The van der Waals surface area contributed by atoms with Crippen molar-refractivity contribution in [1.82, 2.24) is 5.32 Å². The molecule has 0 radical (unpaired) electrons. The molecule has 1 aromatic carbocycles. The van der Waals surface area contributed by atoms with E-state index in [1.54, 1.807) is 24.5 Å². The molecule has 1 aliphatic rings. The Bertz CT molecular complexity index is 868. The summed E-state index contributed by atoms with van der Waals surface area (Å²) in [5, 5.41) is 8.38. The van der Waals surface area contributed by atoms with Gasteiger partial charge in [0.2, 0.25) is 10.0 Å². The highest BCUT2D eigenvalue weighted by molar-refractivity contribution is 7.89. The monoisotopic (exact) mass is 360 g/mol. The van der Waals surface area contributed by atoms with Gasteiger partial charge in [-0.3, -0.25) is 4.79 Å². The molecule has 3 N–H and O–H groups in total. The molecule has 1 atom stereocenters. The van der Waals surface area contributed by atoms with E-state index in [9.17, 15) is 13.2 Å². The fraction of sp³-hybridized carbons (Fsp3) is 0.278. The Morgan fingerprint density at radius 1 is 1.16 bits per heavy atom. The van der Waals surface area contributed by atoms with Gasteiger partial charge < -0.3 is 9.73 Å². The smallest absolute Gasteiger partial charge is 0.238 e. The third kappa shape index (κ3) is 4.58. The van der Waals surface area contributed by atoms with Gasteiger partial charge in [0, 0.05) is 30.7 Å². The van der Waals surface area contributed by atoms with Crippen LogP contribution in [0, 0.1) is 0 Å². The molecule has 0 aliphatic heterocycles. The lowest BCUT2D eigenvalue weighted by Crippen LogP contribution is -2.23. The van der Waals surface area contributed by atoms with Crippen molar-refractivity contribution in [3.05, 3.63) is 65.8 Å². The second-order valence-corrected chi connectivity index (χ2v) is 7.68. The Morgan fingerprint density at radius 3 is 2.56 bits per heavy atom. The zero-order valence-electron chi connectivity index (χ0n) is 13.6. The van der Waals surface area contributed by atoms with Crippen LogP contribution >= 0.6 is 0 Å². The molecule has 7 heteroatoms. The van der Waals surface area contributed by atoms with Crippen LogP contribution in [0.3, 0.4) is 0 Å². The molecule has 3 rings (SSSR count). The first-order valence-corrected chi connectivity index (χ1v) is 9.59. The maximum absolute atomic E-state index is 11.9. The molecule has 0 spiro atoms. The van der Waals surface area contributed by atoms with Gasteiger partial charge in [-0.2, -0.15) is 0 Å². The van der Waals surface area contributed by atoms with Gasteiger partial charge in [-0.25, -0.2) is 13.6 Å². The highest BCUT2D eigenvalue weighted by atomic mass is 32.2. The van der Waals surface area contributed by atoms with E-state index >= 15 is 0 Å². The lowest BCUT2D eigenvalue weighted by molar-refractivity contribution is -0.115. The lowest BCUT2D eigenvalue weighted by Gasteiger charge is -2.21. The summed E-state index contributed by atoms with van der Waals surface area (Å²) in [4.78, 5) is 12.0.